The van der Waals surface area contributed by atoms with Crippen molar-refractivity contribution in [3.8, 4) is 5.75 Å². The minimum atomic E-state index is -0.150. The molecular weight excluding hydrogens is 244 g/mol. The minimum absolute atomic E-state index is 0.0151. The van der Waals surface area contributed by atoms with Crippen LogP contribution in [0.5, 0.6) is 5.75 Å². The van der Waals surface area contributed by atoms with E-state index < -0.39 is 0 Å². The highest BCUT2D eigenvalue weighted by atomic mass is 16.5. The summed E-state index contributed by atoms with van der Waals surface area (Å²) in [5.74, 6) is 1.33. The number of hydrogen-bond donors (Lipinski definition) is 2. The predicted molar refractivity (Wildman–Crippen MR) is 69.8 cm³/mol. The van der Waals surface area contributed by atoms with Gasteiger partial charge in [0.1, 0.15) is 17.9 Å². The number of H-pyrrole nitrogens is 1. The summed E-state index contributed by atoms with van der Waals surface area (Å²) < 4.78 is 5.44. The number of nitrogens with zero attached hydrogens (tertiary/aromatic N) is 2. The third kappa shape index (κ3) is 4.09. The summed E-state index contributed by atoms with van der Waals surface area (Å²) in [6.07, 6.45) is 2.06. The van der Waals surface area contributed by atoms with E-state index in [-0.39, 0.29) is 12.5 Å². The van der Waals surface area contributed by atoms with Crippen LogP contribution in [-0.2, 0) is 11.2 Å². The molecule has 0 bridgehead atoms. The van der Waals surface area contributed by atoms with Crippen LogP contribution in [0.4, 0.5) is 0 Å². The van der Waals surface area contributed by atoms with Crippen LogP contribution < -0.4 is 10.1 Å². The lowest BCUT2D eigenvalue weighted by Crippen LogP contribution is -2.30. The molecule has 6 nitrogen and oxygen atoms in total. The lowest BCUT2D eigenvalue weighted by molar-refractivity contribution is -0.123. The van der Waals surface area contributed by atoms with Crippen molar-refractivity contribution in [2.24, 2.45) is 0 Å². The summed E-state index contributed by atoms with van der Waals surface area (Å²) in [6, 6.07) is 7.60. The standard InChI is InChI=1S/C13H16N4O2/c1-10-4-2-3-5-11(10)19-8-13(18)14-7-6-12-15-9-16-17-12/h2-5,9H,6-8H2,1H3,(H,14,18)(H,15,16,17). The normalized spacial score (nSPS) is 10.2. The fraction of sp³-hybridized carbons (Fsp3) is 0.308. The maximum absolute atomic E-state index is 11.6. The number of aryl methyl sites for hydroxylation is 1. The van der Waals surface area contributed by atoms with Crippen LogP contribution in [0, 0.1) is 6.92 Å². The van der Waals surface area contributed by atoms with Gasteiger partial charge in [-0.3, -0.25) is 9.89 Å². The second-order valence-corrected chi connectivity index (χ2v) is 4.09. The highest BCUT2D eigenvalue weighted by Gasteiger charge is 2.04. The molecule has 1 aromatic carbocycles. The molecule has 0 saturated carbocycles. The Morgan fingerprint density at radius 2 is 2.26 bits per heavy atom. The number of aromatic amines is 1. The third-order valence-corrected chi connectivity index (χ3v) is 2.60. The summed E-state index contributed by atoms with van der Waals surface area (Å²) in [5, 5.41) is 9.22. The van der Waals surface area contributed by atoms with E-state index in [4.69, 9.17) is 4.74 Å². The van der Waals surface area contributed by atoms with Crippen LogP contribution in [0.25, 0.3) is 0 Å². The van der Waals surface area contributed by atoms with Crippen LogP contribution in [0.2, 0.25) is 0 Å². The molecule has 6 heteroatoms. The monoisotopic (exact) mass is 260 g/mol. The molecule has 0 unspecified atom stereocenters. The Balaban J connectivity index is 1.69. The number of benzene rings is 1. The van der Waals surface area contributed by atoms with Crippen molar-refractivity contribution in [1.82, 2.24) is 20.5 Å². The van der Waals surface area contributed by atoms with Gasteiger partial charge in [-0.25, -0.2) is 4.98 Å². The lowest BCUT2D eigenvalue weighted by atomic mass is 10.2. The SMILES string of the molecule is Cc1ccccc1OCC(=O)NCCc1ncn[nH]1. The van der Waals surface area contributed by atoms with Crippen molar-refractivity contribution in [3.63, 3.8) is 0 Å². The zero-order valence-corrected chi connectivity index (χ0v) is 10.7. The second-order valence-electron chi connectivity index (χ2n) is 4.09. The first-order valence-electron chi connectivity index (χ1n) is 6.05. The molecule has 0 aliphatic heterocycles. The van der Waals surface area contributed by atoms with Gasteiger partial charge in [-0.2, -0.15) is 5.10 Å². The van der Waals surface area contributed by atoms with Gasteiger partial charge in [0.05, 0.1) is 0 Å². The Bertz CT molecular complexity index is 525. The molecule has 2 aromatic rings. The smallest absolute Gasteiger partial charge is 0.257 e. The first kappa shape index (κ1) is 13.1. The van der Waals surface area contributed by atoms with Crippen molar-refractivity contribution in [3.05, 3.63) is 42.0 Å². The zero-order valence-electron chi connectivity index (χ0n) is 10.7. The number of rotatable bonds is 6. The second kappa shape index (κ2) is 6.53. The summed E-state index contributed by atoms with van der Waals surface area (Å²) in [5.41, 5.74) is 1.01. The summed E-state index contributed by atoms with van der Waals surface area (Å²) in [4.78, 5) is 15.5. The first-order valence-corrected chi connectivity index (χ1v) is 6.05. The van der Waals surface area contributed by atoms with Gasteiger partial charge in [-0.15, -0.1) is 0 Å². The van der Waals surface area contributed by atoms with Gasteiger partial charge in [-0.1, -0.05) is 18.2 Å². The molecule has 0 aliphatic rings. The van der Waals surface area contributed by atoms with Crippen LogP contribution in [0.15, 0.2) is 30.6 Å². The van der Waals surface area contributed by atoms with Crippen molar-refractivity contribution in [1.29, 1.82) is 0 Å². The number of hydrogen-bond acceptors (Lipinski definition) is 4. The Kier molecular flexibility index (Phi) is 4.49. The Morgan fingerprint density at radius 1 is 1.42 bits per heavy atom. The van der Waals surface area contributed by atoms with Gasteiger partial charge in [-0.05, 0) is 18.6 Å². The molecule has 2 rings (SSSR count). The van der Waals surface area contributed by atoms with E-state index in [0.29, 0.717) is 13.0 Å². The van der Waals surface area contributed by atoms with E-state index in [1.807, 2.05) is 31.2 Å². The largest absolute Gasteiger partial charge is 0.484 e. The molecule has 0 saturated heterocycles. The average molecular weight is 260 g/mol. The number of aromatic nitrogens is 3. The molecule has 0 radical (unpaired) electrons. The Morgan fingerprint density at radius 3 is 3.00 bits per heavy atom. The Hall–Kier alpha value is -2.37. The van der Waals surface area contributed by atoms with E-state index in [1.165, 1.54) is 6.33 Å². The lowest BCUT2D eigenvalue weighted by Gasteiger charge is -2.08. The van der Waals surface area contributed by atoms with Gasteiger partial charge in [0, 0.05) is 13.0 Å². The van der Waals surface area contributed by atoms with Crippen LogP contribution in [-0.4, -0.2) is 34.2 Å². The van der Waals surface area contributed by atoms with Gasteiger partial charge < -0.3 is 10.1 Å². The van der Waals surface area contributed by atoms with Gasteiger partial charge >= 0.3 is 0 Å². The Labute approximate surface area is 111 Å². The molecule has 19 heavy (non-hydrogen) atoms. The fourth-order valence-electron chi connectivity index (χ4n) is 1.58. The molecule has 1 heterocycles. The quantitative estimate of drug-likeness (QED) is 0.807. The first-order chi connectivity index (χ1) is 9.25. The summed E-state index contributed by atoms with van der Waals surface area (Å²) in [7, 11) is 0. The molecule has 0 atom stereocenters. The third-order valence-electron chi connectivity index (χ3n) is 2.60. The number of amides is 1. The number of carbonyl (C=O) groups excluding carboxylic acids is 1. The van der Waals surface area contributed by atoms with E-state index in [0.717, 1.165) is 17.1 Å². The molecule has 0 spiro atoms. The van der Waals surface area contributed by atoms with Crippen molar-refractivity contribution in [2.45, 2.75) is 13.3 Å². The fourth-order valence-corrected chi connectivity index (χ4v) is 1.58. The maximum atomic E-state index is 11.6. The topological polar surface area (TPSA) is 79.9 Å². The van der Waals surface area contributed by atoms with Gasteiger partial charge in [0.25, 0.3) is 5.91 Å². The number of nitrogens with one attached hydrogen (secondary N) is 2. The maximum Gasteiger partial charge on any atom is 0.257 e. The van der Waals surface area contributed by atoms with Crippen LogP contribution >= 0.6 is 0 Å². The number of carbonyl (C=O) groups is 1. The highest BCUT2D eigenvalue weighted by Crippen LogP contribution is 2.15. The van der Waals surface area contributed by atoms with Crippen molar-refractivity contribution in [2.75, 3.05) is 13.2 Å². The molecule has 0 fully saturated rings. The molecule has 1 aromatic heterocycles. The molecular formula is C13H16N4O2. The molecule has 100 valence electrons. The van der Waals surface area contributed by atoms with Crippen molar-refractivity contribution >= 4 is 5.91 Å². The van der Waals surface area contributed by atoms with Gasteiger partial charge in [0.2, 0.25) is 0 Å². The number of ether oxygens (including phenoxy) is 1. The van der Waals surface area contributed by atoms with E-state index in [2.05, 4.69) is 20.5 Å². The van der Waals surface area contributed by atoms with E-state index in [9.17, 15) is 4.79 Å². The predicted octanol–water partition coefficient (Wildman–Crippen LogP) is 0.851. The van der Waals surface area contributed by atoms with Gasteiger partial charge in [0.15, 0.2) is 6.61 Å². The molecule has 0 aliphatic carbocycles. The molecule has 1 amide bonds. The van der Waals surface area contributed by atoms with E-state index in [1.54, 1.807) is 0 Å². The van der Waals surface area contributed by atoms with Crippen LogP contribution in [0.1, 0.15) is 11.4 Å². The summed E-state index contributed by atoms with van der Waals surface area (Å²) >= 11 is 0. The molecule has 2 N–H and O–H groups in total. The van der Waals surface area contributed by atoms with E-state index >= 15 is 0 Å². The van der Waals surface area contributed by atoms with Crippen molar-refractivity contribution < 1.29 is 9.53 Å². The average Bonchev–Trinajstić information content (AvgIpc) is 2.91. The van der Waals surface area contributed by atoms with Crippen LogP contribution in [0.3, 0.4) is 0 Å². The number of para-hydroxylation sites is 1. The minimum Gasteiger partial charge on any atom is -0.484 e. The highest BCUT2D eigenvalue weighted by molar-refractivity contribution is 5.77. The zero-order chi connectivity index (χ0) is 13.5. The summed E-state index contributed by atoms with van der Waals surface area (Å²) in [6.45, 7) is 2.46.